The molecule has 0 spiro atoms. The summed E-state index contributed by atoms with van der Waals surface area (Å²) < 4.78 is 19.1. The number of halogens is 4. The quantitative estimate of drug-likeness (QED) is 0.543. The van der Waals surface area contributed by atoms with Gasteiger partial charge >= 0.3 is 0 Å². The minimum Gasteiger partial charge on any atom is -0.484 e. The molecule has 20 heavy (non-hydrogen) atoms. The summed E-state index contributed by atoms with van der Waals surface area (Å²) in [6.07, 6.45) is 0. The van der Waals surface area contributed by atoms with Crippen LogP contribution in [-0.2, 0) is 0 Å². The Morgan fingerprint density at radius 2 is 2.00 bits per heavy atom. The third-order valence-electron chi connectivity index (χ3n) is 2.48. The SMILES string of the molecule is O=C(COc1cc(F)c(Cl)cc1Br)c1cccc(Cl)c1. The monoisotopic (exact) mass is 376 g/mol. The fourth-order valence-corrected chi connectivity index (χ4v) is 2.45. The van der Waals surface area contributed by atoms with Crippen LogP contribution in [-0.4, -0.2) is 12.4 Å². The molecule has 0 N–H and O–H groups in total. The summed E-state index contributed by atoms with van der Waals surface area (Å²) in [6, 6.07) is 9.02. The topological polar surface area (TPSA) is 26.3 Å². The third-order valence-corrected chi connectivity index (χ3v) is 3.62. The highest BCUT2D eigenvalue weighted by Gasteiger charge is 2.11. The molecule has 0 atom stereocenters. The van der Waals surface area contributed by atoms with Crippen molar-refractivity contribution in [1.29, 1.82) is 0 Å². The van der Waals surface area contributed by atoms with Gasteiger partial charge in [0.1, 0.15) is 11.6 Å². The van der Waals surface area contributed by atoms with Gasteiger partial charge in [-0.2, -0.15) is 0 Å². The first-order valence-corrected chi connectivity index (χ1v) is 7.08. The molecule has 0 saturated heterocycles. The predicted octanol–water partition coefficient (Wildman–Crippen LogP) is 5.16. The van der Waals surface area contributed by atoms with Crippen LogP contribution >= 0.6 is 39.1 Å². The Balaban J connectivity index is 2.09. The van der Waals surface area contributed by atoms with E-state index in [-0.39, 0.29) is 23.2 Å². The lowest BCUT2D eigenvalue weighted by Crippen LogP contribution is -2.11. The van der Waals surface area contributed by atoms with Crippen molar-refractivity contribution in [2.24, 2.45) is 0 Å². The highest BCUT2D eigenvalue weighted by molar-refractivity contribution is 9.10. The van der Waals surface area contributed by atoms with E-state index in [9.17, 15) is 9.18 Å². The Morgan fingerprint density at radius 3 is 2.70 bits per heavy atom. The molecule has 6 heteroatoms. The summed E-state index contributed by atoms with van der Waals surface area (Å²) >= 11 is 14.6. The summed E-state index contributed by atoms with van der Waals surface area (Å²) in [5, 5.41) is 0.444. The number of hydrogen-bond donors (Lipinski definition) is 0. The summed E-state index contributed by atoms with van der Waals surface area (Å²) in [4.78, 5) is 11.9. The van der Waals surface area contributed by atoms with Crippen LogP contribution in [0.15, 0.2) is 40.9 Å². The number of carbonyl (C=O) groups is 1. The van der Waals surface area contributed by atoms with E-state index >= 15 is 0 Å². The van der Waals surface area contributed by atoms with Gasteiger partial charge in [-0.1, -0.05) is 35.3 Å². The summed E-state index contributed by atoms with van der Waals surface area (Å²) in [5.74, 6) is -0.655. The summed E-state index contributed by atoms with van der Waals surface area (Å²) in [6.45, 7) is -0.222. The largest absolute Gasteiger partial charge is 0.484 e. The Hall–Kier alpha value is -1.10. The first kappa shape index (κ1) is 15.3. The first-order chi connectivity index (χ1) is 9.47. The van der Waals surface area contributed by atoms with Gasteiger partial charge in [0.15, 0.2) is 12.4 Å². The molecule has 0 aliphatic carbocycles. The van der Waals surface area contributed by atoms with Crippen molar-refractivity contribution >= 4 is 44.9 Å². The highest BCUT2D eigenvalue weighted by atomic mass is 79.9. The zero-order valence-corrected chi connectivity index (χ0v) is 13.1. The van der Waals surface area contributed by atoms with Crippen LogP contribution in [0.4, 0.5) is 4.39 Å². The van der Waals surface area contributed by atoms with Gasteiger partial charge in [-0.3, -0.25) is 4.79 Å². The van der Waals surface area contributed by atoms with E-state index < -0.39 is 5.82 Å². The predicted molar refractivity (Wildman–Crippen MR) is 80.4 cm³/mol. The van der Waals surface area contributed by atoms with Gasteiger partial charge in [-0.05, 0) is 34.1 Å². The molecule has 2 nitrogen and oxygen atoms in total. The zero-order valence-electron chi connectivity index (χ0n) is 10.00. The summed E-state index contributed by atoms with van der Waals surface area (Å²) in [5.41, 5.74) is 0.433. The number of benzene rings is 2. The molecular formula is C14H8BrCl2FO2. The Morgan fingerprint density at radius 1 is 1.25 bits per heavy atom. The normalized spacial score (nSPS) is 10.4. The van der Waals surface area contributed by atoms with E-state index in [1.165, 1.54) is 6.07 Å². The highest BCUT2D eigenvalue weighted by Crippen LogP contribution is 2.30. The van der Waals surface area contributed by atoms with E-state index in [1.807, 2.05) is 0 Å². The van der Waals surface area contributed by atoms with Gasteiger partial charge < -0.3 is 4.74 Å². The number of hydrogen-bond acceptors (Lipinski definition) is 2. The van der Waals surface area contributed by atoms with Gasteiger partial charge in [0.25, 0.3) is 0 Å². The van der Waals surface area contributed by atoms with Crippen LogP contribution < -0.4 is 4.74 Å². The average Bonchev–Trinajstić information content (AvgIpc) is 2.41. The summed E-state index contributed by atoms with van der Waals surface area (Å²) in [7, 11) is 0. The Bertz CT molecular complexity index is 662. The number of ether oxygens (including phenoxy) is 1. The zero-order chi connectivity index (χ0) is 14.7. The molecule has 0 amide bonds. The molecule has 0 aromatic heterocycles. The fraction of sp³-hybridized carbons (Fsp3) is 0.0714. The van der Waals surface area contributed by atoms with E-state index in [0.29, 0.717) is 15.1 Å². The molecule has 0 saturated carbocycles. The van der Waals surface area contributed by atoms with Crippen LogP contribution in [0.2, 0.25) is 10.0 Å². The van der Waals surface area contributed by atoms with Gasteiger partial charge in [0, 0.05) is 16.7 Å². The van der Waals surface area contributed by atoms with Crippen molar-refractivity contribution in [3.63, 3.8) is 0 Å². The number of Topliss-reactive ketones (excluding diaryl/α,β-unsaturated/α-hetero) is 1. The van der Waals surface area contributed by atoms with Gasteiger partial charge in [0.05, 0.1) is 9.50 Å². The second-order valence-corrected chi connectivity index (χ2v) is 5.62. The van der Waals surface area contributed by atoms with Crippen molar-refractivity contribution < 1.29 is 13.9 Å². The minimum atomic E-state index is -0.611. The van der Waals surface area contributed by atoms with E-state index in [1.54, 1.807) is 24.3 Å². The lowest BCUT2D eigenvalue weighted by Gasteiger charge is -2.08. The van der Waals surface area contributed by atoms with Crippen LogP contribution in [0.25, 0.3) is 0 Å². The molecule has 0 aliphatic rings. The third kappa shape index (κ3) is 3.72. The maximum atomic E-state index is 13.3. The molecule has 2 aromatic rings. The maximum absolute atomic E-state index is 13.3. The Kier molecular flexibility index (Phi) is 5.02. The molecule has 0 fully saturated rings. The first-order valence-electron chi connectivity index (χ1n) is 5.53. The van der Waals surface area contributed by atoms with E-state index in [0.717, 1.165) is 6.07 Å². The second kappa shape index (κ2) is 6.57. The van der Waals surface area contributed by atoms with Crippen molar-refractivity contribution in [3.8, 4) is 5.75 Å². The lowest BCUT2D eigenvalue weighted by atomic mass is 10.1. The lowest BCUT2D eigenvalue weighted by molar-refractivity contribution is 0.0920. The van der Waals surface area contributed by atoms with Crippen molar-refractivity contribution in [3.05, 3.63) is 62.3 Å². The van der Waals surface area contributed by atoms with Crippen LogP contribution in [0.5, 0.6) is 5.75 Å². The molecule has 0 heterocycles. The van der Waals surface area contributed by atoms with E-state index in [2.05, 4.69) is 15.9 Å². The van der Waals surface area contributed by atoms with Crippen molar-refractivity contribution in [2.75, 3.05) is 6.61 Å². The van der Waals surface area contributed by atoms with Crippen molar-refractivity contribution in [1.82, 2.24) is 0 Å². The molecule has 2 rings (SSSR count). The van der Waals surface area contributed by atoms with Gasteiger partial charge in [-0.25, -0.2) is 4.39 Å². The molecule has 0 radical (unpaired) electrons. The molecule has 104 valence electrons. The molecule has 0 unspecified atom stereocenters. The standard InChI is InChI=1S/C14H8BrCl2FO2/c15-10-5-11(17)12(18)6-14(10)20-7-13(19)8-2-1-3-9(16)4-8/h1-6H,7H2. The Labute approximate surface area is 133 Å². The molecule has 2 aromatic carbocycles. The van der Waals surface area contributed by atoms with Gasteiger partial charge in [0.2, 0.25) is 0 Å². The fourth-order valence-electron chi connectivity index (χ4n) is 1.50. The number of ketones is 1. The van der Waals surface area contributed by atoms with Gasteiger partial charge in [-0.15, -0.1) is 0 Å². The number of carbonyl (C=O) groups excluding carboxylic acids is 1. The molecule has 0 bridgehead atoms. The molecule has 0 aliphatic heterocycles. The molecular weight excluding hydrogens is 370 g/mol. The second-order valence-electron chi connectivity index (χ2n) is 3.92. The van der Waals surface area contributed by atoms with Crippen molar-refractivity contribution in [2.45, 2.75) is 0 Å². The average molecular weight is 378 g/mol. The van der Waals surface area contributed by atoms with Crippen LogP contribution in [0, 0.1) is 5.82 Å². The minimum absolute atomic E-state index is 0.0228. The van der Waals surface area contributed by atoms with Crippen LogP contribution in [0.3, 0.4) is 0 Å². The number of rotatable bonds is 4. The maximum Gasteiger partial charge on any atom is 0.200 e. The smallest absolute Gasteiger partial charge is 0.200 e. The van der Waals surface area contributed by atoms with E-state index in [4.69, 9.17) is 27.9 Å². The van der Waals surface area contributed by atoms with Crippen LogP contribution in [0.1, 0.15) is 10.4 Å².